The van der Waals surface area contributed by atoms with Gasteiger partial charge in [-0.1, -0.05) is 41.9 Å². The largest absolute Gasteiger partial charge is 0.388 e. The van der Waals surface area contributed by atoms with E-state index >= 15 is 0 Å². The van der Waals surface area contributed by atoms with E-state index in [1.54, 1.807) is 0 Å². The van der Waals surface area contributed by atoms with Gasteiger partial charge in [-0.15, -0.1) is 0 Å². The predicted octanol–water partition coefficient (Wildman–Crippen LogP) is 3.60. The lowest BCUT2D eigenvalue weighted by Gasteiger charge is -2.21. The second-order valence-corrected chi connectivity index (χ2v) is 5.21. The smallest absolute Gasteiger partial charge is 0.0802 e. The van der Waals surface area contributed by atoms with Crippen LogP contribution in [-0.4, -0.2) is 29.6 Å². The molecule has 1 aromatic carbocycles. The molecule has 0 bridgehead atoms. The van der Waals surface area contributed by atoms with E-state index in [2.05, 4.69) is 34.7 Å². The van der Waals surface area contributed by atoms with Crippen molar-refractivity contribution in [1.29, 1.82) is 0 Å². The Morgan fingerprint density at radius 1 is 1.18 bits per heavy atom. The standard InChI is InChI=1S/C14H22BrNO/c1-3-10-16(4-2)11-9-14(17)12-5-7-13(15)8-6-12/h5-8,14,17H,3-4,9-11H2,1-2H3. The van der Waals surface area contributed by atoms with Crippen molar-refractivity contribution in [2.75, 3.05) is 19.6 Å². The van der Waals surface area contributed by atoms with Crippen LogP contribution in [0.15, 0.2) is 28.7 Å². The minimum atomic E-state index is -0.353. The van der Waals surface area contributed by atoms with Gasteiger partial charge in [0.15, 0.2) is 0 Å². The Morgan fingerprint density at radius 2 is 1.82 bits per heavy atom. The molecule has 0 fully saturated rings. The van der Waals surface area contributed by atoms with Crippen LogP contribution in [0.4, 0.5) is 0 Å². The summed E-state index contributed by atoms with van der Waals surface area (Å²) in [7, 11) is 0. The number of hydrogen-bond acceptors (Lipinski definition) is 2. The van der Waals surface area contributed by atoms with Crippen LogP contribution in [0.5, 0.6) is 0 Å². The van der Waals surface area contributed by atoms with Crippen molar-refractivity contribution >= 4 is 15.9 Å². The fraction of sp³-hybridized carbons (Fsp3) is 0.571. The van der Waals surface area contributed by atoms with E-state index in [0.717, 1.165) is 36.1 Å². The summed E-state index contributed by atoms with van der Waals surface area (Å²) in [6.07, 6.45) is 1.62. The van der Waals surface area contributed by atoms with Gasteiger partial charge in [0.05, 0.1) is 6.10 Å². The summed E-state index contributed by atoms with van der Waals surface area (Å²) in [6.45, 7) is 7.49. The molecular weight excluding hydrogens is 278 g/mol. The Morgan fingerprint density at radius 3 is 2.35 bits per heavy atom. The molecule has 1 N–H and O–H groups in total. The summed E-state index contributed by atoms with van der Waals surface area (Å²) in [6, 6.07) is 7.90. The van der Waals surface area contributed by atoms with Crippen LogP contribution in [0, 0.1) is 0 Å². The zero-order valence-electron chi connectivity index (χ0n) is 10.7. The Labute approximate surface area is 113 Å². The molecule has 1 atom stereocenters. The van der Waals surface area contributed by atoms with E-state index in [-0.39, 0.29) is 6.10 Å². The van der Waals surface area contributed by atoms with Gasteiger partial charge >= 0.3 is 0 Å². The molecular formula is C14H22BrNO. The molecule has 0 saturated heterocycles. The molecule has 1 unspecified atom stereocenters. The maximum atomic E-state index is 10.1. The molecule has 96 valence electrons. The number of rotatable bonds is 7. The van der Waals surface area contributed by atoms with Crippen molar-refractivity contribution in [3.63, 3.8) is 0 Å². The van der Waals surface area contributed by atoms with Crippen molar-refractivity contribution in [1.82, 2.24) is 4.90 Å². The minimum absolute atomic E-state index is 0.353. The van der Waals surface area contributed by atoms with E-state index in [9.17, 15) is 5.11 Å². The molecule has 0 saturated carbocycles. The second kappa shape index (κ2) is 7.85. The Hall–Kier alpha value is -0.380. The normalized spacial score (nSPS) is 13.0. The third kappa shape index (κ3) is 5.19. The highest BCUT2D eigenvalue weighted by atomic mass is 79.9. The Bertz CT molecular complexity index is 313. The van der Waals surface area contributed by atoms with Gasteiger partial charge in [-0.25, -0.2) is 0 Å². The maximum absolute atomic E-state index is 10.1. The quantitative estimate of drug-likeness (QED) is 0.831. The third-order valence-electron chi connectivity index (χ3n) is 2.96. The molecule has 0 spiro atoms. The lowest BCUT2D eigenvalue weighted by molar-refractivity contribution is 0.143. The number of aliphatic hydroxyl groups is 1. The summed E-state index contributed by atoms with van der Waals surface area (Å²) in [5, 5.41) is 10.1. The van der Waals surface area contributed by atoms with E-state index in [1.165, 1.54) is 6.42 Å². The van der Waals surface area contributed by atoms with Crippen molar-refractivity contribution in [3.05, 3.63) is 34.3 Å². The van der Waals surface area contributed by atoms with Gasteiger partial charge in [0.2, 0.25) is 0 Å². The number of hydrogen-bond donors (Lipinski definition) is 1. The van der Waals surface area contributed by atoms with Gasteiger partial charge in [0, 0.05) is 11.0 Å². The monoisotopic (exact) mass is 299 g/mol. The van der Waals surface area contributed by atoms with Crippen LogP contribution in [0.25, 0.3) is 0 Å². The van der Waals surface area contributed by atoms with Crippen LogP contribution in [0.3, 0.4) is 0 Å². The first kappa shape index (κ1) is 14.7. The molecule has 0 amide bonds. The first-order valence-corrected chi connectivity index (χ1v) is 7.12. The van der Waals surface area contributed by atoms with Gasteiger partial charge in [0.25, 0.3) is 0 Å². The van der Waals surface area contributed by atoms with E-state index < -0.39 is 0 Å². The van der Waals surface area contributed by atoms with Crippen molar-refractivity contribution < 1.29 is 5.11 Å². The molecule has 0 aliphatic heterocycles. The van der Waals surface area contributed by atoms with E-state index in [1.807, 2.05) is 24.3 Å². The highest BCUT2D eigenvalue weighted by molar-refractivity contribution is 9.10. The fourth-order valence-corrected chi connectivity index (χ4v) is 2.17. The fourth-order valence-electron chi connectivity index (χ4n) is 1.90. The lowest BCUT2D eigenvalue weighted by atomic mass is 10.1. The van der Waals surface area contributed by atoms with Crippen molar-refractivity contribution in [2.24, 2.45) is 0 Å². The predicted molar refractivity (Wildman–Crippen MR) is 76.1 cm³/mol. The lowest BCUT2D eigenvalue weighted by Crippen LogP contribution is -2.26. The zero-order valence-corrected chi connectivity index (χ0v) is 12.3. The van der Waals surface area contributed by atoms with Crippen LogP contribution in [-0.2, 0) is 0 Å². The van der Waals surface area contributed by atoms with Gasteiger partial charge < -0.3 is 10.0 Å². The van der Waals surface area contributed by atoms with Crippen LogP contribution >= 0.6 is 15.9 Å². The highest BCUT2D eigenvalue weighted by Gasteiger charge is 2.09. The first-order valence-electron chi connectivity index (χ1n) is 6.33. The van der Waals surface area contributed by atoms with Crippen LogP contribution in [0.2, 0.25) is 0 Å². The minimum Gasteiger partial charge on any atom is -0.388 e. The summed E-state index contributed by atoms with van der Waals surface area (Å²) in [5.74, 6) is 0. The molecule has 0 heterocycles. The highest BCUT2D eigenvalue weighted by Crippen LogP contribution is 2.19. The van der Waals surface area contributed by atoms with Crippen molar-refractivity contribution in [2.45, 2.75) is 32.8 Å². The molecule has 0 aromatic heterocycles. The average Bonchev–Trinajstić information content (AvgIpc) is 2.35. The molecule has 1 aromatic rings. The topological polar surface area (TPSA) is 23.5 Å². The van der Waals surface area contributed by atoms with Crippen LogP contribution < -0.4 is 0 Å². The summed E-state index contributed by atoms with van der Waals surface area (Å²) >= 11 is 3.40. The molecule has 2 nitrogen and oxygen atoms in total. The molecule has 3 heteroatoms. The summed E-state index contributed by atoms with van der Waals surface area (Å²) < 4.78 is 1.05. The average molecular weight is 300 g/mol. The van der Waals surface area contributed by atoms with Crippen molar-refractivity contribution in [3.8, 4) is 0 Å². The first-order chi connectivity index (χ1) is 8.17. The van der Waals surface area contributed by atoms with Gasteiger partial charge in [-0.2, -0.15) is 0 Å². The number of aliphatic hydroxyl groups excluding tert-OH is 1. The molecule has 0 aliphatic carbocycles. The van der Waals surface area contributed by atoms with E-state index in [0.29, 0.717) is 0 Å². The number of halogens is 1. The number of benzene rings is 1. The maximum Gasteiger partial charge on any atom is 0.0802 e. The van der Waals surface area contributed by atoms with Gasteiger partial charge in [-0.05, 0) is 43.6 Å². The van der Waals surface area contributed by atoms with Crippen LogP contribution in [0.1, 0.15) is 38.4 Å². The summed E-state index contributed by atoms with van der Waals surface area (Å²) in [5.41, 5.74) is 1.00. The summed E-state index contributed by atoms with van der Waals surface area (Å²) in [4.78, 5) is 2.38. The molecule has 17 heavy (non-hydrogen) atoms. The van der Waals surface area contributed by atoms with Gasteiger partial charge in [-0.3, -0.25) is 0 Å². The second-order valence-electron chi connectivity index (χ2n) is 4.29. The Kier molecular flexibility index (Phi) is 6.78. The SMILES string of the molecule is CCCN(CC)CCC(O)c1ccc(Br)cc1. The Balaban J connectivity index is 2.43. The van der Waals surface area contributed by atoms with Gasteiger partial charge in [0.1, 0.15) is 0 Å². The van der Waals surface area contributed by atoms with E-state index in [4.69, 9.17) is 0 Å². The molecule has 0 aliphatic rings. The molecule has 1 rings (SSSR count). The molecule has 0 radical (unpaired) electrons. The third-order valence-corrected chi connectivity index (χ3v) is 3.49. The number of nitrogens with zero attached hydrogens (tertiary/aromatic N) is 1. The zero-order chi connectivity index (χ0) is 12.7.